The number of carbonyl (C=O) groups excluding carboxylic acids is 2. The molecule has 2 aromatic rings. The van der Waals surface area contributed by atoms with Crippen LogP contribution in [0.4, 0.5) is 0 Å². The second kappa shape index (κ2) is 9.32. The Kier molecular flexibility index (Phi) is 6.44. The highest BCUT2D eigenvalue weighted by Crippen LogP contribution is 2.54. The van der Waals surface area contributed by atoms with Gasteiger partial charge in [-0.3, -0.25) is 9.59 Å². The van der Waals surface area contributed by atoms with Crippen molar-refractivity contribution in [1.82, 2.24) is 9.88 Å². The molecule has 0 saturated carbocycles. The molecule has 1 unspecified atom stereocenters. The van der Waals surface area contributed by atoms with Crippen molar-refractivity contribution in [3.8, 4) is 17.0 Å². The van der Waals surface area contributed by atoms with E-state index in [1.165, 1.54) is 0 Å². The molecule has 8 nitrogen and oxygen atoms in total. The maximum absolute atomic E-state index is 14.0. The molecule has 2 aliphatic heterocycles. The van der Waals surface area contributed by atoms with Crippen LogP contribution in [0, 0.1) is 19.3 Å². The first kappa shape index (κ1) is 27.6. The van der Waals surface area contributed by atoms with Gasteiger partial charge in [-0.2, -0.15) is 0 Å². The Morgan fingerprint density at radius 1 is 1.02 bits per heavy atom. The number of aromatic carboxylic acids is 1. The van der Waals surface area contributed by atoms with E-state index in [0.717, 1.165) is 5.56 Å². The number of likely N-dealkylation sites (N-methyl/N-ethyl adjacent to an activating group) is 1. The van der Waals surface area contributed by atoms with Crippen LogP contribution in [0.2, 0.25) is 0 Å². The molecule has 0 radical (unpaired) electrons. The third-order valence-electron chi connectivity index (χ3n) is 8.60. The van der Waals surface area contributed by atoms with Crippen molar-refractivity contribution in [2.75, 3.05) is 14.2 Å². The molecule has 0 saturated heterocycles. The molecule has 1 N–H and O–H groups in total. The Morgan fingerprint density at radius 3 is 2.35 bits per heavy atom. The van der Waals surface area contributed by atoms with E-state index in [-0.39, 0.29) is 22.8 Å². The van der Waals surface area contributed by atoms with Crippen molar-refractivity contribution >= 4 is 17.7 Å². The zero-order valence-electron chi connectivity index (χ0n) is 24.4. The van der Waals surface area contributed by atoms with E-state index in [1.54, 1.807) is 44.2 Å². The summed E-state index contributed by atoms with van der Waals surface area (Å²) in [6.07, 6.45) is 1.43. The molecular formula is C32H36N2O6. The first-order valence-electron chi connectivity index (χ1n) is 13.5. The van der Waals surface area contributed by atoms with E-state index < -0.39 is 17.4 Å². The highest BCUT2D eigenvalue weighted by atomic mass is 16.5. The molecule has 1 amide bonds. The highest BCUT2D eigenvalue weighted by Gasteiger charge is 2.50. The molecular weight excluding hydrogens is 508 g/mol. The number of amides is 1. The summed E-state index contributed by atoms with van der Waals surface area (Å²) in [5, 5.41) is 9.69. The molecule has 8 heteroatoms. The number of hydrogen-bond donors (Lipinski definition) is 1. The average Bonchev–Trinajstić information content (AvgIpc) is 2.85. The number of ether oxygens (including phenoxy) is 2. The summed E-state index contributed by atoms with van der Waals surface area (Å²) in [6, 6.07) is 7.16. The molecule has 1 aromatic carbocycles. The molecule has 1 aromatic heterocycles. The number of Topliss-reactive ketones (excluding diaryl/α,β-unsaturated/α-hetero) is 1. The van der Waals surface area contributed by atoms with Gasteiger partial charge in [-0.05, 0) is 62.4 Å². The minimum atomic E-state index is -1.10. The first-order chi connectivity index (χ1) is 18.7. The smallest absolute Gasteiger partial charge is 0.354 e. The quantitative estimate of drug-likeness (QED) is 0.524. The number of hydrogen-bond acceptors (Lipinski definition) is 6. The Hall–Kier alpha value is -3.94. The van der Waals surface area contributed by atoms with Crippen LogP contribution in [0.1, 0.15) is 80.1 Å². The number of carbonyl (C=O) groups is 3. The monoisotopic (exact) mass is 544 g/mol. The molecule has 3 aliphatic rings. The van der Waals surface area contributed by atoms with Gasteiger partial charge in [-0.25, -0.2) is 9.78 Å². The maximum Gasteiger partial charge on any atom is 0.354 e. The van der Waals surface area contributed by atoms with Gasteiger partial charge in [0.25, 0.3) is 5.91 Å². The van der Waals surface area contributed by atoms with Gasteiger partial charge in [0.2, 0.25) is 0 Å². The molecule has 0 bridgehead atoms. The fourth-order valence-electron chi connectivity index (χ4n) is 6.24. The van der Waals surface area contributed by atoms with Crippen molar-refractivity contribution in [1.29, 1.82) is 0 Å². The molecule has 3 heterocycles. The lowest BCUT2D eigenvalue weighted by Gasteiger charge is -2.47. The van der Waals surface area contributed by atoms with Gasteiger partial charge in [-0.15, -0.1) is 0 Å². The zero-order chi connectivity index (χ0) is 29.3. The van der Waals surface area contributed by atoms with Crippen molar-refractivity contribution < 1.29 is 29.0 Å². The molecule has 1 atom stereocenters. The van der Waals surface area contributed by atoms with E-state index in [2.05, 4.69) is 18.8 Å². The minimum Gasteiger partial charge on any atom is -0.496 e. The highest BCUT2D eigenvalue weighted by molar-refractivity contribution is 6.06. The number of nitrogens with zero attached hydrogens (tertiary/aromatic N) is 2. The summed E-state index contributed by atoms with van der Waals surface area (Å²) in [5.74, 6) is -0.274. The molecule has 5 rings (SSSR count). The van der Waals surface area contributed by atoms with Crippen molar-refractivity contribution in [3.63, 3.8) is 0 Å². The van der Waals surface area contributed by atoms with Crippen LogP contribution >= 0.6 is 0 Å². The van der Waals surface area contributed by atoms with Gasteiger partial charge in [0.1, 0.15) is 17.3 Å². The number of benzene rings is 1. The lowest BCUT2D eigenvalue weighted by Crippen LogP contribution is -2.51. The number of carboxylic acid groups (broad SMARTS) is 1. The average molecular weight is 545 g/mol. The van der Waals surface area contributed by atoms with Gasteiger partial charge in [0, 0.05) is 48.5 Å². The van der Waals surface area contributed by atoms with Crippen LogP contribution in [-0.2, 0) is 14.3 Å². The lowest BCUT2D eigenvalue weighted by molar-refractivity contribution is -0.133. The van der Waals surface area contributed by atoms with Gasteiger partial charge in [0.05, 0.1) is 24.3 Å². The summed E-state index contributed by atoms with van der Waals surface area (Å²) in [4.78, 5) is 45.9. The lowest BCUT2D eigenvalue weighted by atomic mass is 9.67. The first-order valence-corrected chi connectivity index (χ1v) is 13.5. The largest absolute Gasteiger partial charge is 0.496 e. The van der Waals surface area contributed by atoms with Crippen molar-refractivity contribution in [2.24, 2.45) is 5.41 Å². The fraction of sp³-hybridized carbons (Fsp3) is 0.438. The number of ketones is 1. The number of aromatic nitrogens is 1. The predicted octanol–water partition coefficient (Wildman–Crippen LogP) is 5.72. The minimum absolute atomic E-state index is 0.0219. The topological polar surface area (TPSA) is 106 Å². The number of pyridine rings is 1. The van der Waals surface area contributed by atoms with Crippen LogP contribution in [0.3, 0.4) is 0 Å². The zero-order valence-corrected chi connectivity index (χ0v) is 24.4. The molecule has 0 spiro atoms. The summed E-state index contributed by atoms with van der Waals surface area (Å²) in [7, 11) is 3.35. The Bertz CT molecular complexity index is 1540. The molecule has 40 heavy (non-hydrogen) atoms. The Labute approximate surface area is 234 Å². The predicted molar refractivity (Wildman–Crippen MR) is 150 cm³/mol. The standard InChI is InChI=1S/C32H36N2O6/c1-16-9-11-19(33-28(16)30(37)38)18-10-12-21(39-8)24(17(18)2)27-25-20(35)13-31(3,4)14-22(25)40-23-15-32(5,6)34(7)29(36)26(23)27/h9-12,27H,13-15H2,1-8H3,(H,37,38). The number of aryl methyl sites for hydroxylation is 1. The SMILES string of the molecule is COc1ccc(-c2ccc(C)c(C(=O)O)n2)c(C)c1C1C2=C(CC(C)(C)CC2=O)OC2=C1C(=O)N(C)C(C)(C)C2. The molecule has 210 valence electrons. The van der Waals surface area contributed by atoms with Crippen LogP contribution in [0.25, 0.3) is 11.3 Å². The normalized spacial score (nSPS) is 21.6. The maximum atomic E-state index is 14.0. The van der Waals surface area contributed by atoms with E-state index in [9.17, 15) is 19.5 Å². The summed E-state index contributed by atoms with van der Waals surface area (Å²) in [5.41, 5.74) is 3.40. The van der Waals surface area contributed by atoms with Crippen LogP contribution in [0.15, 0.2) is 46.9 Å². The number of rotatable bonds is 4. The van der Waals surface area contributed by atoms with E-state index in [4.69, 9.17) is 9.47 Å². The summed E-state index contributed by atoms with van der Waals surface area (Å²) in [6.45, 7) is 11.7. The summed E-state index contributed by atoms with van der Waals surface area (Å²) < 4.78 is 12.3. The van der Waals surface area contributed by atoms with Crippen LogP contribution in [-0.4, -0.2) is 52.3 Å². The van der Waals surface area contributed by atoms with Crippen molar-refractivity contribution in [2.45, 2.75) is 72.3 Å². The molecule has 0 fully saturated rings. The van der Waals surface area contributed by atoms with Gasteiger partial charge < -0.3 is 19.5 Å². The molecule has 1 aliphatic carbocycles. The van der Waals surface area contributed by atoms with Crippen LogP contribution in [0.5, 0.6) is 5.75 Å². The van der Waals surface area contributed by atoms with Gasteiger partial charge in [-0.1, -0.05) is 19.9 Å². The fourth-order valence-corrected chi connectivity index (χ4v) is 6.24. The van der Waals surface area contributed by atoms with E-state index >= 15 is 0 Å². The summed E-state index contributed by atoms with van der Waals surface area (Å²) >= 11 is 0. The number of carboxylic acids is 1. The third kappa shape index (κ3) is 4.30. The van der Waals surface area contributed by atoms with Crippen LogP contribution < -0.4 is 4.74 Å². The Balaban J connectivity index is 1.80. The van der Waals surface area contributed by atoms with Crippen molar-refractivity contribution in [3.05, 3.63) is 69.3 Å². The third-order valence-corrected chi connectivity index (χ3v) is 8.60. The second-order valence-corrected chi connectivity index (χ2v) is 12.5. The van der Waals surface area contributed by atoms with E-state index in [1.807, 2.05) is 26.8 Å². The van der Waals surface area contributed by atoms with E-state index in [0.29, 0.717) is 70.1 Å². The number of allylic oxidation sites excluding steroid dienone is 2. The Morgan fingerprint density at radius 2 is 1.70 bits per heavy atom. The van der Waals surface area contributed by atoms with Gasteiger partial charge >= 0.3 is 5.97 Å². The van der Waals surface area contributed by atoms with Gasteiger partial charge in [0.15, 0.2) is 11.5 Å². The second-order valence-electron chi connectivity index (χ2n) is 12.5. The number of methoxy groups -OCH3 is 1.